The van der Waals surface area contributed by atoms with Gasteiger partial charge in [-0.05, 0) is 62.6 Å². The quantitative estimate of drug-likeness (QED) is 0.474. The molecule has 0 fully saturated rings. The Labute approximate surface area is 187 Å². The van der Waals surface area contributed by atoms with Crippen molar-refractivity contribution in [2.75, 3.05) is 0 Å². The first-order chi connectivity index (χ1) is 15.0. The molecule has 10 heteroatoms. The third kappa shape index (κ3) is 5.32. The predicted octanol–water partition coefficient (Wildman–Crippen LogP) is 3.57. The Morgan fingerprint density at radius 2 is 1.84 bits per heavy atom. The van der Waals surface area contributed by atoms with E-state index in [4.69, 9.17) is 0 Å². The van der Waals surface area contributed by atoms with Crippen molar-refractivity contribution in [3.8, 4) is 11.1 Å². The Morgan fingerprint density at radius 1 is 1.16 bits per heavy atom. The zero-order valence-electron chi connectivity index (χ0n) is 18.4. The molecule has 0 unspecified atom stereocenters. The number of hydrogen-bond donors (Lipinski definition) is 3. The molecule has 3 N–H and O–H groups in total. The highest BCUT2D eigenvalue weighted by Crippen LogP contribution is 2.25. The van der Waals surface area contributed by atoms with E-state index in [1.165, 1.54) is 11.1 Å². The molecule has 170 valence electrons. The minimum atomic E-state index is -3.79. The Hall–Kier alpha value is -3.24. The van der Waals surface area contributed by atoms with Crippen LogP contribution in [0.15, 0.2) is 59.6 Å². The van der Waals surface area contributed by atoms with E-state index in [0.29, 0.717) is 5.69 Å². The number of amides is 1. The first kappa shape index (κ1) is 23.4. The number of carbonyl (C=O) groups is 1. The molecule has 0 aliphatic carbocycles. The second-order valence-electron chi connectivity index (χ2n) is 8.31. The van der Waals surface area contributed by atoms with Crippen molar-refractivity contribution in [3.63, 3.8) is 0 Å². The zero-order chi connectivity index (χ0) is 23.5. The van der Waals surface area contributed by atoms with Crippen molar-refractivity contribution in [2.45, 2.75) is 50.7 Å². The van der Waals surface area contributed by atoms with E-state index in [1.54, 1.807) is 38.1 Å². The molecule has 32 heavy (non-hydrogen) atoms. The van der Waals surface area contributed by atoms with E-state index in [-0.39, 0.29) is 17.5 Å². The highest BCUT2D eigenvalue weighted by Gasteiger charge is 2.30. The van der Waals surface area contributed by atoms with E-state index in [2.05, 4.69) is 20.1 Å². The Morgan fingerprint density at radius 3 is 2.41 bits per heavy atom. The fraction of sp³-hybridized carbons (Fsp3) is 0.318. The van der Waals surface area contributed by atoms with Crippen molar-refractivity contribution in [3.05, 3.63) is 66.0 Å². The van der Waals surface area contributed by atoms with Gasteiger partial charge >= 0.3 is 6.09 Å². The van der Waals surface area contributed by atoms with Crippen LogP contribution in [0.25, 0.3) is 11.1 Å². The van der Waals surface area contributed by atoms with Gasteiger partial charge in [0.05, 0.1) is 16.6 Å². The average Bonchev–Trinajstić information content (AvgIpc) is 3.27. The number of carboxylic acid groups (broad SMARTS) is 1. The lowest BCUT2D eigenvalue weighted by Gasteiger charge is -2.23. The fourth-order valence-corrected chi connectivity index (χ4v) is 4.68. The highest BCUT2D eigenvalue weighted by molar-refractivity contribution is 7.89. The summed E-state index contributed by atoms with van der Waals surface area (Å²) in [6, 6.07) is 13.9. The van der Waals surface area contributed by atoms with Gasteiger partial charge in [0.25, 0.3) is 0 Å². The first-order valence-corrected chi connectivity index (χ1v) is 11.6. The molecule has 1 amide bonds. The molecule has 0 atom stereocenters. The standard InChI is InChI=1S/C22H27N5O4S/c1-15(2)27(21(28)29)14-16-6-5-7-18(12-16)17-8-10-19(11-9-17)32(30,31)25-22(3,4)20-13-23-26-24-20/h5-13,15,25H,14H2,1-4H3,(H,28,29)(H,23,24,26). The van der Waals surface area contributed by atoms with Crippen LogP contribution in [0.3, 0.4) is 0 Å². The molecule has 1 aromatic heterocycles. The second kappa shape index (κ2) is 9.09. The maximum Gasteiger partial charge on any atom is 0.407 e. The van der Waals surface area contributed by atoms with Gasteiger partial charge in [0.15, 0.2) is 0 Å². The number of benzene rings is 2. The van der Waals surface area contributed by atoms with Gasteiger partial charge in [-0.15, -0.1) is 0 Å². The molecule has 0 aliphatic heterocycles. The number of rotatable bonds is 8. The number of aromatic amines is 1. The minimum absolute atomic E-state index is 0.130. The molecule has 9 nitrogen and oxygen atoms in total. The summed E-state index contributed by atoms with van der Waals surface area (Å²) in [6.07, 6.45) is 0.504. The maximum absolute atomic E-state index is 12.9. The number of nitrogens with zero attached hydrogens (tertiary/aromatic N) is 3. The van der Waals surface area contributed by atoms with Crippen molar-refractivity contribution in [2.24, 2.45) is 0 Å². The summed E-state index contributed by atoms with van der Waals surface area (Å²) in [5.41, 5.74) is 2.09. The number of aromatic nitrogens is 3. The second-order valence-corrected chi connectivity index (χ2v) is 10.00. The van der Waals surface area contributed by atoms with Crippen LogP contribution in [-0.2, 0) is 22.1 Å². The van der Waals surface area contributed by atoms with E-state index in [9.17, 15) is 18.3 Å². The van der Waals surface area contributed by atoms with Gasteiger partial charge in [0, 0.05) is 12.6 Å². The van der Waals surface area contributed by atoms with E-state index in [1.807, 2.05) is 38.1 Å². The Bertz CT molecular complexity index is 1170. The van der Waals surface area contributed by atoms with Crippen LogP contribution in [0.4, 0.5) is 4.79 Å². The van der Waals surface area contributed by atoms with Crippen molar-refractivity contribution in [1.29, 1.82) is 0 Å². The van der Waals surface area contributed by atoms with Gasteiger partial charge in [-0.2, -0.15) is 20.1 Å². The van der Waals surface area contributed by atoms with E-state index < -0.39 is 21.7 Å². The van der Waals surface area contributed by atoms with Crippen LogP contribution in [-0.4, -0.2) is 46.0 Å². The summed E-state index contributed by atoms with van der Waals surface area (Å²) in [4.78, 5) is 12.9. The molecule has 3 rings (SSSR count). The lowest BCUT2D eigenvalue weighted by Crippen LogP contribution is -2.41. The lowest BCUT2D eigenvalue weighted by molar-refractivity contribution is 0.128. The number of sulfonamides is 1. The highest BCUT2D eigenvalue weighted by atomic mass is 32.2. The Balaban J connectivity index is 1.80. The molecular formula is C22H27N5O4S. The summed E-state index contributed by atoms with van der Waals surface area (Å²) in [5, 5.41) is 19.6. The molecule has 0 saturated heterocycles. The summed E-state index contributed by atoms with van der Waals surface area (Å²) in [5.74, 6) is 0. The van der Waals surface area contributed by atoms with Crippen molar-refractivity contribution in [1.82, 2.24) is 25.0 Å². The van der Waals surface area contributed by atoms with Gasteiger partial charge in [-0.3, -0.25) is 0 Å². The lowest BCUT2D eigenvalue weighted by atomic mass is 10.0. The molecule has 1 heterocycles. The molecule has 3 aromatic rings. The number of H-pyrrole nitrogens is 1. The first-order valence-electron chi connectivity index (χ1n) is 10.1. The molecular weight excluding hydrogens is 430 g/mol. The van der Waals surface area contributed by atoms with Crippen LogP contribution >= 0.6 is 0 Å². The monoisotopic (exact) mass is 457 g/mol. The minimum Gasteiger partial charge on any atom is -0.465 e. The zero-order valence-corrected chi connectivity index (χ0v) is 19.2. The molecule has 2 aromatic carbocycles. The van der Waals surface area contributed by atoms with Gasteiger partial charge in [0.1, 0.15) is 5.69 Å². The smallest absolute Gasteiger partial charge is 0.407 e. The maximum atomic E-state index is 12.9. The summed E-state index contributed by atoms with van der Waals surface area (Å²) < 4.78 is 28.4. The van der Waals surface area contributed by atoms with Crippen LogP contribution in [0.5, 0.6) is 0 Å². The van der Waals surface area contributed by atoms with Gasteiger partial charge in [0.2, 0.25) is 10.0 Å². The third-order valence-electron chi connectivity index (χ3n) is 5.09. The van der Waals surface area contributed by atoms with Crippen LogP contribution in [0, 0.1) is 0 Å². The summed E-state index contributed by atoms with van der Waals surface area (Å²) in [7, 11) is -3.79. The molecule has 0 radical (unpaired) electrons. The van der Waals surface area contributed by atoms with Gasteiger partial charge in [-0.25, -0.2) is 13.2 Å². The Kier molecular flexibility index (Phi) is 6.65. The number of nitrogens with one attached hydrogen (secondary N) is 2. The molecule has 0 spiro atoms. The molecule has 0 bridgehead atoms. The van der Waals surface area contributed by atoms with E-state index in [0.717, 1.165) is 16.7 Å². The largest absolute Gasteiger partial charge is 0.465 e. The molecule has 0 saturated carbocycles. The van der Waals surface area contributed by atoms with Crippen LogP contribution in [0.1, 0.15) is 39.0 Å². The topological polar surface area (TPSA) is 128 Å². The number of hydrogen-bond acceptors (Lipinski definition) is 5. The normalized spacial score (nSPS) is 12.2. The fourth-order valence-electron chi connectivity index (χ4n) is 3.29. The average molecular weight is 458 g/mol. The summed E-state index contributed by atoms with van der Waals surface area (Å²) in [6.45, 7) is 7.35. The van der Waals surface area contributed by atoms with Crippen molar-refractivity contribution >= 4 is 16.1 Å². The van der Waals surface area contributed by atoms with Crippen LogP contribution in [0.2, 0.25) is 0 Å². The van der Waals surface area contributed by atoms with Crippen LogP contribution < -0.4 is 4.72 Å². The summed E-state index contributed by atoms with van der Waals surface area (Å²) >= 11 is 0. The van der Waals surface area contributed by atoms with Gasteiger partial charge in [-0.1, -0.05) is 30.3 Å². The SMILES string of the molecule is CC(C)N(Cc1cccc(-c2ccc(S(=O)(=O)NC(C)(C)c3cn[nH]n3)cc2)c1)C(=O)O. The predicted molar refractivity (Wildman–Crippen MR) is 120 cm³/mol. The molecule has 0 aliphatic rings. The van der Waals surface area contributed by atoms with Gasteiger partial charge < -0.3 is 10.0 Å². The van der Waals surface area contributed by atoms with E-state index >= 15 is 0 Å². The third-order valence-corrected chi connectivity index (χ3v) is 6.76. The van der Waals surface area contributed by atoms with Crippen molar-refractivity contribution < 1.29 is 18.3 Å².